The number of aliphatic carboxylic acids is 1. The molecule has 0 aromatic heterocycles. The van der Waals surface area contributed by atoms with E-state index in [4.69, 9.17) is 5.11 Å². The topological polar surface area (TPSA) is 57.5 Å². The van der Waals surface area contributed by atoms with Gasteiger partial charge in [-0.3, -0.25) is 4.79 Å². The van der Waals surface area contributed by atoms with Gasteiger partial charge in [0.25, 0.3) is 0 Å². The van der Waals surface area contributed by atoms with Crippen LogP contribution in [0.1, 0.15) is 90.4 Å². The van der Waals surface area contributed by atoms with E-state index >= 15 is 0 Å². The molecule has 21 heavy (non-hydrogen) atoms. The van der Waals surface area contributed by atoms with E-state index in [-0.39, 0.29) is 12.5 Å². The van der Waals surface area contributed by atoms with Gasteiger partial charge in [0.15, 0.2) is 0 Å². The summed E-state index contributed by atoms with van der Waals surface area (Å²) in [6.07, 6.45) is 17.3. The van der Waals surface area contributed by atoms with Crippen LogP contribution in [0.3, 0.4) is 0 Å². The summed E-state index contributed by atoms with van der Waals surface area (Å²) in [5.41, 5.74) is 0. The van der Waals surface area contributed by atoms with Crippen LogP contribution in [0.15, 0.2) is 12.2 Å². The number of aliphatic hydroxyl groups is 1. The molecule has 0 heterocycles. The molecule has 0 bridgehead atoms. The standard InChI is InChI=1S/C18H34O3/c1-2-3-4-5-6-7-8-11-14-17(19)15-12-9-10-13-16-18(20)21/h8,11,17,19H,2-7,9-10,12-16H2,1H3,(H,20,21). The van der Waals surface area contributed by atoms with E-state index in [1.807, 2.05) is 0 Å². The molecule has 0 aliphatic rings. The summed E-state index contributed by atoms with van der Waals surface area (Å²) in [4.78, 5) is 10.3. The lowest BCUT2D eigenvalue weighted by Gasteiger charge is -2.07. The fourth-order valence-electron chi connectivity index (χ4n) is 2.36. The van der Waals surface area contributed by atoms with Crippen molar-refractivity contribution in [2.75, 3.05) is 0 Å². The Morgan fingerprint density at radius 1 is 0.952 bits per heavy atom. The predicted molar refractivity (Wildman–Crippen MR) is 88.5 cm³/mol. The Hall–Kier alpha value is -0.830. The van der Waals surface area contributed by atoms with Crippen molar-refractivity contribution in [3.05, 3.63) is 12.2 Å². The maximum atomic E-state index is 10.3. The Labute approximate surface area is 130 Å². The molecule has 2 N–H and O–H groups in total. The van der Waals surface area contributed by atoms with E-state index in [9.17, 15) is 9.90 Å². The minimum atomic E-state index is -0.713. The quantitative estimate of drug-likeness (QED) is 0.327. The lowest BCUT2D eigenvalue weighted by Crippen LogP contribution is -2.04. The number of carboxylic acids is 1. The van der Waals surface area contributed by atoms with Crippen LogP contribution in [0.5, 0.6) is 0 Å². The molecule has 0 saturated carbocycles. The van der Waals surface area contributed by atoms with Gasteiger partial charge in [-0.2, -0.15) is 0 Å². The number of aliphatic hydroxyl groups excluding tert-OH is 1. The number of unbranched alkanes of at least 4 members (excludes halogenated alkanes) is 8. The molecule has 0 aromatic rings. The lowest BCUT2D eigenvalue weighted by atomic mass is 10.1. The maximum Gasteiger partial charge on any atom is 0.303 e. The third-order valence-corrected chi connectivity index (χ3v) is 3.73. The SMILES string of the molecule is CCCCCCCC=CCC(O)CCCCCCC(=O)O. The summed E-state index contributed by atoms with van der Waals surface area (Å²) in [5.74, 6) is -0.713. The van der Waals surface area contributed by atoms with E-state index in [1.54, 1.807) is 0 Å². The zero-order valence-electron chi connectivity index (χ0n) is 13.7. The molecule has 0 aliphatic heterocycles. The van der Waals surface area contributed by atoms with Crippen LogP contribution in [-0.4, -0.2) is 22.3 Å². The fraction of sp³-hybridized carbons (Fsp3) is 0.833. The van der Waals surface area contributed by atoms with E-state index in [0.717, 1.165) is 44.9 Å². The minimum absolute atomic E-state index is 0.235. The van der Waals surface area contributed by atoms with E-state index < -0.39 is 5.97 Å². The van der Waals surface area contributed by atoms with Crippen LogP contribution in [0.4, 0.5) is 0 Å². The van der Waals surface area contributed by atoms with Gasteiger partial charge in [0, 0.05) is 6.42 Å². The van der Waals surface area contributed by atoms with Crippen molar-refractivity contribution < 1.29 is 15.0 Å². The molecule has 0 saturated heterocycles. The number of rotatable bonds is 15. The highest BCUT2D eigenvalue weighted by Gasteiger charge is 2.02. The zero-order chi connectivity index (χ0) is 15.8. The molecule has 0 amide bonds. The first kappa shape index (κ1) is 20.2. The maximum absolute atomic E-state index is 10.3. The van der Waals surface area contributed by atoms with Gasteiger partial charge >= 0.3 is 5.97 Å². The number of allylic oxidation sites excluding steroid dienone is 1. The monoisotopic (exact) mass is 298 g/mol. The minimum Gasteiger partial charge on any atom is -0.481 e. The van der Waals surface area contributed by atoms with Gasteiger partial charge in [0.1, 0.15) is 0 Å². The summed E-state index contributed by atoms with van der Waals surface area (Å²) >= 11 is 0. The number of hydrogen-bond acceptors (Lipinski definition) is 2. The summed E-state index contributed by atoms with van der Waals surface area (Å²) < 4.78 is 0. The second-order valence-corrected chi connectivity index (χ2v) is 5.91. The van der Waals surface area contributed by atoms with E-state index in [1.165, 1.54) is 32.1 Å². The first-order valence-electron chi connectivity index (χ1n) is 8.71. The Balaban J connectivity index is 3.29. The van der Waals surface area contributed by atoms with E-state index in [0.29, 0.717) is 0 Å². The van der Waals surface area contributed by atoms with E-state index in [2.05, 4.69) is 19.1 Å². The first-order valence-corrected chi connectivity index (χ1v) is 8.71. The molecule has 0 fully saturated rings. The highest BCUT2D eigenvalue weighted by molar-refractivity contribution is 5.66. The smallest absolute Gasteiger partial charge is 0.303 e. The predicted octanol–water partition coefficient (Wildman–Crippen LogP) is 5.08. The highest BCUT2D eigenvalue weighted by Crippen LogP contribution is 2.10. The van der Waals surface area contributed by atoms with Crippen LogP contribution < -0.4 is 0 Å². The summed E-state index contributed by atoms with van der Waals surface area (Å²) in [6, 6.07) is 0. The average molecular weight is 298 g/mol. The second kappa shape index (κ2) is 15.6. The van der Waals surface area contributed by atoms with Gasteiger partial charge in [0.05, 0.1) is 6.10 Å². The van der Waals surface area contributed by atoms with Crippen molar-refractivity contribution in [2.45, 2.75) is 96.5 Å². The number of hydrogen-bond donors (Lipinski definition) is 2. The van der Waals surface area contributed by atoms with Crippen molar-refractivity contribution >= 4 is 5.97 Å². The molecule has 3 heteroatoms. The molecule has 124 valence electrons. The lowest BCUT2D eigenvalue weighted by molar-refractivity contribution is -0.137. The van der Waals surface area contributed by atoms with Gasteiger partial charge < -0.3 is 10.2 Å². The van der Waals surface area contributed by atoms with Gasteiger partial charge in [-0.15, -0.1) is 0 Å². The normalized spacial score (nSPS) is 12.9. The molecule has 3 nitrogen and oxygen atoms in total. The van der Waals surface area contributed by atoms with Crippen molar-refractivity contribution in [1.82, 2.24) is 0 Å². The molecular weight excluding hydrogens is 264 g/mol. The first-order chi connectivity index (χ1) is 10.2. The molecule has 0 spiro atoms. The van der Waals surface area contributed by atoms with Crippen molar-refractivity contribution in [2.24, 2.45) is 0 Å². The Bertz CT molecular complexity index is 261. The zero-order valence-corrected chi connectivity index (χ0v) is 13.7. The largest absolute Gasteiger partial charge is 0.481 e. The van der Waals surface area contributed by atoms with Gasteiger partial charge in [-0.25, -0.2) is 0 Å². The fourth-order valence-corrected chi connectivity index (χ4v) is 2.36. The molecule has 0 aliphatic carbocycles. The van der Waals surface area contributed by atoms with Crippen LogP contribution in [0.2, 0.25) is 0 Å². The molecule has 1 atom stereocenters. The third kappa shape index (κ3) is 17.1. The Morgan fingerprint density at radius 3 is 2.33 bits per heavy atom. The number of carboxylic acid groups (broad SMARTS) is 1. The molecule has 0 aromatic carbocycles. The average Bonchev–Trinajstić information content (AvgIpc) is 2.45. The second-order valence-electron chi connectivity index (χ2n) is 5.91. The molecular formula is C18H34O3. The summed E-state index contributed by atoms with van der Waals surface area (Å²) in [5, 5.41) is 18.3. The Morgan fingerprint density at radius 2 is 1.62 bits per heavy atom. The molecule has 1 unspecified atom stereocenters. The number of carbonyl (C=O) groups is 1. The summed E-state index contributed by atoms with van der Waals surface area (Å²) in [7, 11) is 0. The Kier molecular flexibility index (Phi) is 14.9. The van der Waals surface area contributed by atoms with Crippen LogP contribution in [-0.2, 0) is 4.79 Å². The third-order valence-electron chi connectivity index (χ3n) is 3.73. The van der Waals surface area contributed by atoms with Gasteiger partial charge in [-0.05, 0) is 32.1 Å². The van der Waals surface area contributed by atoms with Crippen LogP contribution in [0.25, 0.3) is 0 Å². The van der Waals surface area contributed by atoms with Crippen LogP contribution in [0, 0.1) is 0 Å². The van der Waals surface area contributed by atoms with Crippen LogP contribution >= 0.6 is 0 Å². The molecule has 0 radical (unpaired) electrons. The van der Waals surface area contributed by atoms with Gasteiger partial charge in [-0.1, -0.05) is 64.0 Å². The van der Waals surface area contributed by atoms with Crippen molar-refractivity contribution in [3.63, 3.8) is 0 Å². The van der Waals surface area contributed by atoms with Gasteiger partial charge in [0.2, 0.25) is 0 Å². The molecule has 0 rings (SSSR count). The highest BCUT2D eigenvalue weighted by atomic mass is 16.4. The summed E-state index contributed by atoms with van der Waals surface area (Å²) in [6.45, 7) is 2.23. The van der Waals surface area contributed by atoms with Crippen molar-refractivity contribution in [1.29, 1.82) is 0 Å². The van der Waals surface area contributed by atoms with Crippen molar-refractivity contribution in [3.8, 4) is 0 Å².